The maximum absolute atomic E-state index is 12.5. The van der Waals surface area contributed by atoms with E-state index in [2.05, 4.69) is 59.3 Å². The molecule has 1 aromatic heterocycles. The van der Waals surface area contributed by atoms with Gasteiger partial charge in [-0.1, -0.05) is 18.2 Å². The summed E-state index contributed by atoms with van der Waals surface area (Å²) in [6.07, 6.45) is 8.71. The first-order valence-corrected chi connectivity index (χ1v) is 12.7. The highest BCUT2D eigenvalue weighted by Crippen LogP contribution is 2.40. The summed E-state index contributed by atoms with van der Waals surface area (Å²) >= 11 is 0. The number of halogens is 1. The SMILES string of the molecule is Cc1cncc(C2=C(c3ccc(O[C@H]4CCN(CCCF)C4)cc3)c3ccc(N)cc3CCC2)c1. The van der Waals surface area contributed by atoms with Crippen LogP contribution in [0.5, 0.6) is 5.75 Å². The number of nitrogen functional groups attached to an aromatic ring is 1. The fraction of sp³-hybridized carbons (Fsp3) is 0.367. The first-order valence-electron chi connectivity index (χ1n) is 12.7. The van der Waals surface area contributed by atoms with Crippen LogP contribution in [0.4, 0.5) is 10.1 Å². The number of aryl methyl sites for hydroxylation is 2. The van der Waals surface area contributed by atoms with Crippen LogP contribution in [0.15, 0.2) is 60.9 Å². The summed E-state index contributed by atoms with van der Waals surface area (Å²) in [4.78, 5) is 6.78. The minimum absolute atomic E-state index is 0.162. The summed E-state index contributed by atoms with van der Waals surface area (Å²) in [6.45, 7) is 4.49. The van der Waals surface area contributed by atoms with Gasteiger partial charge in [0.1, 0.15) is 11.9 Å². The van der Waals surface area contributed by atoms with Crippen LogP contribution in [0.25, 0.3) is 11.1 Å². The number of aromatic nitrogens is 1. The van der Waals surface area contributed by atoms with E-state index in [1.165, 1.54) is 33.4 Å². The smallest absolute Gasteiger partial charge is 0.119 e. The van der Waals surface area contributed by atoms with Gasteiger partial charge in [0.2, 0.25) is 0 Å². The van der Waals surface area contributed by atoms with Gasteiger partial charge in [0.15, 0.2) is 0 Å². The van der Waals surface area contributed by atoms with E-state index in [1.807, 2.05) is 18.5 Å². The van der Waals surface area contributed by atoms with E-state index in [0.29, 0.717) is 6.42 Å². The van der Waals surface area contributed by atoms with E-state index < -0.39 is 0 Å². The Labute approximate surface area is 207 Å². The molecule has 2 aliphatic rings. The summed E-state index contributed by atoms with van der Waals surface area (Å²) in [5.41, 5.74) is 15.6. The third kappa shape index (κ3) is 5.40. The van der Waals surface area contributed by atoms with Crippen molar-refractivity contribution in [3.05, 3.63) is 88.7 Å². The van der Waals surface area contributed by atoms with Crippen molar-refractivity contribution >= 4 is 16.8 Å². The maximum atomic E-state index is 12.5. The van der Waals surface area contributed by atoms with Crippen LogP contribution in [0.2, 0.25) is 0 Å². The molecule has 4 nitrogen and oxygen atoms in total. The van der Waals surface area contributed by atoms with Crippen molar-refractivity contribution in [1.29, 1.82) is 0 Å². The fourth-order valence-electron chi connectivity index (χ4n) is 5.42. The Morgan fingerprint density at radius 1 is 1.06 bits per heavy atom. The zero-order valence-electron chi connectivity index (χ0n) is 20.5. The van der Waals surface area contributed by atoms with E-state index in [4.69, 9.17) is 10.5 Å². The van der Waals surface area contributed by atoms with Gasteiger partial charge in [-0.2, -0.15) is 0 Å². The van der Waals surface area contributed by atoms with Crippen molar-refractivity contribution in [3.8, 4) is 5.75 Å². The van der Waals surface area contributed by atoms with Crippen molar-refractivity contribution in [1.82, 2.24) is 9.88 Å². The first kappa shape index (κ1) is 23.6. The van der Waals surface area contributed by atoms with Gasteiger partial charge in [-0.15, -0.1) is 0 Å². The number of nitrogens with zero attached hydrogens (tertiary/aromatic N) is 2. The van der Waals surface area contributed by atoms with Crippen molar-refractivity contribution in [2.45, 2.75) is 45.1 Å². The largest absolute Gasteiger partial charge is 0.489 e. The van der Waals surface area contributed by atoms with E-state index in [1.54, 1.807) is 0 Å². The molecular formula is C30H34FN3O. The number of ether oxygens (including phenoxy) is 1. The number of nitrogens with two attached hydrogens (primary N) is 1. The van der Waals surface area contributed by atoms with Crippen molar-refractivity contribution in [3.63, 3.8) is 0 Å². The molecule has 0 bridgehead atoms. The molecule has 3 aromatic rings. The Morgan fingerprint density at radius 3 is 2.71 bits per heavy atom. The number of allylic oxidation sites excluding steroid dienone is 1. The van der Waals surface area contributed by atoms with Gasteiger partial charge in [0.05, 0.1) is 6.67 Å². The standard InChI is InChI=1S/C30H34FN3O/c1-21-16-24(19-33-18-21)28-5-2-4-23-17-25(32)8-11-29(23)30(28)22-6-9-26(10-7-22)35-27-12-15-34(20-27)14-3-13-31/h6-11,16-19,27H,2-5,12-15,20,32H2,1H3/t27-/m0/s1. The van der Waals surface area contributed by atoms with E-state index in [9.17, 15) is 4.39 Å². The molecule has 2 N–H and O–H groups in total. The molecule has 1 fully saturated rings. The lowest BCUT2D eigenvalue weighted by molar-refractivity contribution is 0.198. The molecular weight excluding hydrogens is 437 g/mol. The predicted octanol–water partition coefficient (Wildman–Crippen LogP) is 6.08. The molecule has 0 spiro atoms. The van der Waals surface area contributed by atoms with Crippen molar-refractivity contribution in [2.24, 2.45) is 0 Å². The number of pyridine rings is 1. The van der Waals surface area contributed by atoms with Crippen LogP contribution >= 0.6 is 0 Å². The average molecular weight is 472 g/mol. The number of anilines is 1. The normalized spacial score (nSPS) is 18.4. The number of alkyl halides is 1. The van der Waals surface area contributed by atoms with Crippen LogP contribution in [0, 0.1) is 6.92 Å². The molecule has 35 heavy (non-hydrogen) atoms. The van der Waals surface area contributed by atoms with Gasteiger partial charge < -0.3 is 10.5 Å². The highest BCUT2D eigenvalue weighted by Gasteiger charge is 2.24. The molecule has 182 valence electrons. The molecule has 5 heteroatoms. The van der Waals surface area contributed by atoms with Crippen molar-refractivity contribution in [2.75, 3.05) is 32.0 Å². The molecule has 0 radical (unpaired) electrons. The molecule has 0 saturated carbocycles. The third-order valence-corrected chi connectivity index (χ3v) is 7.08. The van der Waals surface area contributed by atoms with Crippen LogP contribution in [-0.2, 0) is 6.42 Å². The number of hydrogen-bond donors (Lipinski definition) is 1. The topological polar surface area (TPSA) is 51.4 Å². The Balaban J connectivity index is 1.47. The lowest BCUT2D eigenvalue weighted by Gasteiger charge is -2.19. The molecule has 5 rings (SSSR count). The van der Waals surface area contributed by atoms with E-state index in [-0.39, 0.29) is 12.8 Å². The highest BCUT2D eigenvalue weighted by atomic mass is 19.1. The second-order valence-electron chi connectivity index (χ2n) is 9.77. The molecule has 2 aromatic carbocycles. The lowest BCUT2D eigenvalue weighted by atomic mass is 9.88. The summed E-state index contributed by atoms with van der Waals surface area (Å²) in [6, 6.07) is 17.0. The zero-order chi connectivity index (χ0) is 24.2. The van der Waals surface area contributed by atoms with Gasteiger partial charge in [-0.05, 0) is 108 Å². The van der Waals surface area contributed by atoms with Crippen LogP contribution < -0.4 is 10.5 Å². The summed E-state index contributed by atoms with van der Waals surface area (Å²) < 4.78 is 18.8. The summed E-state index contributed by atoms with van der Waals surface area (Å²) in [5, 5.41) is 0. The van der Waals surface area contributed by atoms with Gasteiger partial charge in [-0.25, -0.2) is 0 Å². The van der Waals surface area contributed by atoms with Gasteiger partial charge in [0, 0.05) is 37.7 Å². The minimum atomic E-state index is -0.254. The average Bonchev–Trinajstić information content (AvgIpc) is 3.22. The predicted molar refractivity (Wildman–Crippen MR) is 141 cm³/mol. The third-order valence-electron chi connectivity index (χ3n) is 7.08. The number of fused-ring (bicyclic) bond motifs is 1. The molecule has 1 aliphatic heterocycles. The van der Waals surface area contributed by atoms with Crippen LogP contribution in [0.1, 0.15) is 53.5 Å². The molecule has 0 unspecified atom stereocenters. The second kappa shape index (κ2) is 10.6. The van der Waals surface area contributed by atoms with Gasteiger partial charge >= 0.3 is 0 Å². The second-order valence-corrected chi connectivity index (χ2v) is 9.77. The monoisotopic (exact) mass is 471 g/mol. The summed E-state index contributed by atoms with van der Waals surface area (Å²) in [5.74, 6) is 0.886. The Morgan fingerprint density at radius 2 is 1.91 bits per heavy atom. The molecule has 0 amide bonds. The summed E-state index contributed by atoms with van der Waals surface area (Å²) in [7, 11) is 0. The Hall–Kier alpha value is -3.18. The number of benzene rings is 2. The van der Waals surface area contributed by atoms with Gasteiger partial charge in [-0.3, -0.25) is 14.3 Å². The van der Waals surface area contributed by atoms with Crippen LogP contribution in [0.3, 0.4) is 0 Å². The Bertz CT molecular complexity index is 1200. The lowest BCUT2D eigenvalue weighted by Crippen LogP contribution is -2.26. The highest BCUT2D eigenvalue weighted by molar-refractivity contribution is 6.00. The van der Waals surface area contributed by atoms with E-state index in [0.717, 1.165) is 62.3 Å². The number of rotatable bonds is 7. The van der Waals surface area contributed by atoms with Crippen molar-refractivity contribution < 1.29 is 9.13 Å². The number of likely N-dealkylation sites (tertiary alicyclic amines) is 1. The van der Waals surface area contributed by atoms with Crippen LogP contribution in [-0.4, -0.2) is 42.3 Å². The number of hydrogen-bond acceptors (Lipinski definition) is 4. The maximum Gasteiger partial charge on any atom is 0.119 e. The Kier molecular flexibility index (Phi) is 7.14. The van der Waals surface area contributed by atoms with E-state index >= 15 is 0 Å². The molecule has 1 atom stereocenters. The minimum Gasteiger partial charge on any atom is -0.489 e. The van der Waals surface area contributed by atoms with Gasteiger partial charge in [0.25, 0.3) is 0 Å². The quantitative estimate of drug-likeness (QED) is 0.424. The zero-order valence-corrected chi connectivity index (χ0v) is 20.5. The molecule has 2 heterocycles. The fourth-order valence-corrected chi connectivity index (χ4v) is 5.42. The molecule has 1 saturated heterocycles. The molecule has 1 aliphatic carbocycles. The first-order chi connectivity index (χ1) is 17.1.